The van der Waals surface area contributed by atoms with Gasteiger partial charge in [0.25, 0.3) is 0 Å². The third-order valence-electron chi connectivity index (χ3n) is 3.40. The monoisotopic (exact) mass is 281 g/mol. The molecule has 1 aliphatic rings. The van der Waals surface area contributed by atoms with Gasteiger partial charge < -0.3 is 15.0 Å². The number of ether oxygens (including phenoxy) is 1. The Labute approximate surface area is 119 Å². The lowest BCUT2D eigenvalue weighted by Gasteiger charge is -2.27. The lowest BCUT2D eigenvalue weighted by atomic mass is 10.1. The number of hydrogen-bond acceptors (Lipinski definition) is 5. The zero-order valence-corrected chi connectivity index (χ0v) is 12.6. The van der Waals surface area contributed by atoms with Crippen molar-refractivity contribution in [3.63, 3.8) is 0 Å². The number of carbonyl (C=O) groups excluding carboxylic acids is 1. The zero-order valence-electron chi connectivity index (χ0n) is 12.6. The zero-order chi connectivity index (χ0) is 14.9. The Hall–Kier alpha value is -1.56. The van der Waals surface area contributed by atoms with E-state index >= 15 is 0 Å². The molecule has 1 aromatic heterocycles. The first-order valence-electron chi connectivity index (χ1n) is 6.98. The highest BCUT2D eigenvalue weighted by Gasteiger charge is 2.36. The van der Waals surface area contributed by atoms with E-state index < -0.39 is 5.60 Å². The lowest BCUT2D eigenvalue weighted by Crippen LogP contribution is -2.36. The molecule has 1 unspecified atom stereocenters. The molecule has 0 aromatic carbocycles. The van der Waals surface area contributed by atoms with Crippen molar-refractivity contribution in [3.05, 3.63) is 17.0 Å². The highest BCUT2D eigenvalue weighted by molar-refractivity contribution is 5.69. The molecule has 6 heteroatoms. The molecule has 1 atom stereocenters. The Bertz CT molecular complexity index is 490. The summed E-state index contributed by atoms with van der Waals surface area (Å²) in [5, 5.41) is 3.97. The molecular formula is C14H23N3O3. The minimum absolute atomic E-state index is 0.121. The Morgan fingerprint density at radius 3 is 2.85 bits per heavy atom. The molecule has 1 aromatic rings. The molecule has 1 amide bonds. The van der Waals surface area contributed by atoms with E-state index in [2.05, 4.69) is 5.16 Å². The van der Waals surface area contributed by atoms with Gasteiger partial charge in [0, 0.05) is 18.7 Å². The molecule has 0 aliphatic carbocycles. The molecule has 112 valence electrons. The smallest absolute Gasteiger partial charge is 0.410 e. The van der Waals surface area contributed by atoms with E-state index in [1.165, 1.54) is 0 Å². The van der Waals surface area contributed by atoms with Crippen LogP contribution in [0.2, 0.25) is 0 Å². The Kier molecular flexibility index (Phi) is 4.04. The number of amides is 1. The van der Waals surface area contributed by atoms with Crippen LogP contribution in [0.25, 0.3) is 0 Å². The van der Waals surface area contributed by atoms with E-state index in [9.17, 15) is 4.79 Å². The van der Waals surface area contributed by atoms with E-state index in [1.54, 1.807) is 4.90 Å². The summed E-state index contributed by atoms with van der Waals surface area (Å²) >= 11 is 0. The SMILES string of the molecule is Cc1noc(C2CCCN2C(=O)OC(C)(C)C)c1CN. The number of hydrogen-bond donors (Lipinski definition) is 1. The van der Waals surface area contributed by atoms with Gasteiger partial charge in [0.15, 0.2) is 5.76 Å². The second-order valence-corrected chi connectivity index (χ2v) is 6.15. The average Bonchev–Trinajstić information content (AvgIpc) is 2.92. The maximum Gasteiger partial charge on any atom is 0.410 e. The first-order chi connectivity index (χ1) is 9.33. The predicted molar refractivity (Wildman–Crippen MR) is 74.0 cm³/mol. The van der Waals surface area contributed by atoms with Gasteiger partial charge in [-0.15, -0.1) is 0 Å². The van der Waals surface area contributed by atoms with Crippen molar-refractivity contribution in [2.24, 2.45) is 5.73 Å². The van der Waals surface area contributed by atoms with E-state index in [0.29, 0.717) is 18.8 Å². The minimum Gasteiger partial charge on any atom is -0.444 e. The molecule has 2 N–H and O–H groups in total. The first kappa shape index (κ1) is 14.8. The predicted octanol–water partition coefficient (Wildman–Crippen LogP) is 2.51. The highest BCUT2D eigenvalue weighted by atomic mass is 16.6. The molecule has 1 aliphatic heterocycles. The molecule has 0 spiro atoms. The number of aryl methyl sites for hydroxylation is 1. The summed E-state index contributed by atoms with van der Waals surface area (Å²) < 4.78 is 10.8. The summed E-state index contributed by atoms with van der Waals surface area (Å²) in [5.74, 6) is 0.702. The molecule has 6 nitrogen and oxygen atoms in total. The van der Waals surface area contributed by atoms with Crippen molar-refractivity contribution in [2.75, 3.05) is 6.54 Å². The van der Waals surface area contributed by atoms with Crippen LogP contribution >= 0.6 is 0 Å². The van der Waals surface area contributed by atoms with Gasteiger partial charge in [-0.2, -0.15) is 0 Å². The fraction of sp³-hybridized carbons (Fsp3) is 0.714. The maximum atomic E-state index is 12.3. The quantitative estimate of drug-likeness (QED) is 0.900. The molecule has 2 rings (SSSR count). The Balaban J connectivity index is 2.21. The summed E-state index contributed by atoms with van der Waals surface area (Å²) in [6.45, 7) is 8.48. The Morgan fingerprint density at radius 2 is 2.25 bits per heavy atom. The first-order valence-corrected chi connectivity index (χ1v) is 6.98. The van der Waals surface area contributed by atoms with Crippen LogP contribution < -0.4 is 5.73 Å². The highest BCUT2D eigenvalue weighted by Crippen LogP contribution is 2.35. The van der Waals surface area contributed by atoms with Gasteiger partial charge in [-0.05, 0) is 40.5 Å². The fourth-order valence-electron chi connectivity index (χ4n) is 2.49. The number of rotatable bonds is 2. The number of aromatic nitrogens is 1. The molecule has 0 radical (unpaired) electrons. The van der Waals surface area contributed by atoms with E-state index in [1.807, 2.05) is 27.7 Å². The van der Waals surface area contributed by atoms with E-state index in [4.69, 9.17) is 15.0 Å². The summed E-state index contributed by atoms with van der Waals surface area (Å²) in [6, 6.07) is -0.121. The normalized spacial score (nSPS) is 19.4. The van der Waals surface area contributed by atoms with Crippen LogP contribution in [0, 0.1) is 6.92 Å². The number of likely N-dealkylation sites (tertiary alicyclic amines) is 1. The number of nitrogens with zero attached hydrogens (tertiary/aromatic N) is 2. The molecule has 2 heterocycles. The van der Waals surface area contributed by atoms with Crippen molar-refractivity contribution >= 4 is 6.09 Å². The van der Waals surface area contributed by atoms with Gasteiger partial charge in [-0.25, -0.2) is 4.79 Å². The van der Waals surface area contributed by atoms with Crippen molar-refractivity contribution in [3.8, 4) is 0 Å². The van der Waals surface area contributed by atoms with Crippen molar-refractivity contribution in [1.82, 2.24) is 10.1 Å². The molecule has 1 fully saturated rings. The average molecular weight is 281 g/mol. The second kappa shape index (κ2) is 5.44. The molecule has 0 saturated carbocycles. The van der Waals surface area contributed by atoms with Crippen molar-refractivity contribution in [2.45, 2.75) is 58.7 Å². The number of nitrogens with two attached hydrogens (primary N) is 1. The van der Waals surface area contributed by atoms with Crippen LogP contribution in [0.4, 0.5) is 4.79 Å². The second-order valence-electron chi connectivity index (χ2n) is 6.15. The number of carbonyl (C=O) groups is 1. The van der Waals surface area contributed by atoms with Gasteiger partial charge in [-0.1, -0.05) is 5.16 Å². The van der Waals surface area contributed by atoms with E-state index in [0.717, 1.165) is 24.1 Å². The van der Waals surface area contributed by atoms with Crippen LogP contribution in [0.1, 0.15) is 56.7 Å². The minimum atomic E-state index is -0.502. The topological polar surface area (TPSA) is 81.6 Å². The van der Waals surface area contributed by atoms with Gasteiger partial charge in [0.2, 0.25) is 0 Å². The van der Waals surface area contributed by atoms with Gasteiger partial charge in [0.1, 0.15) is 5.60 Å². The van der Waals surface area contributed by atoms with Crippen molar-refractivity contribution in [1.29, 1.82) is 0 Å². The van der Waals surface area contributed by atoms with Crippen LogP contribution in [-0.4, -0.2) is 28.3 Å². The summed E-state index contributed by atoms with van der Waals surface area (Å²) in [5.41, 5.74) is 6.93. The molecule has 1 saturated heterocycles. The Morgan fingerprint density at radius 1 is 1.55 bits per heavy atom. The lowest BCUT2D eigenvalue weighted by molar-refractivity contribution is 0.0203. The largest absolute Gasteiger partial charge is 0.444 e. The van der Waals surface area contributed by atoms with E-state index in [-0.39, 0.29) is 12.1 Å². The van der Waals surface area contributed by atoms with Gasteiger partial charge >= 0.3 is 6.09 Å². The molecule has 20 heavy (non-hydrogen) atoms. The third kappa shape index (κ3) is 2.95. The van der Waals surface area contributed by atoms with Crippen molar-refractivity contribution < 1.29 is 14.1 Å². The summed E-state index contributed by atoms with van der Waals surface area (Å²) in [7, 11) is 0. The van der Waals surface area contributed by atoms with Gasteiger partial charge in [-0.3, -0.25) is 4.90 Å². The molecule has 0 bridgehead atoms. The van der Waals surface area contributed by atoms with Gasteiger partial charge in [0.05, 0.1) is 11.7 Å². The van der Waals surface area contributed by atoms with Crippen LogP contribution in [0.15, 0.2) is 4.52 Å². The van der Waals surface area contributed by atoms with Crippen LogP contribution in [-0.2, 0) is 11.3 Å². The third-order valence-corrected chi connectivity index (χ3v) is 3.40. The van der Waals surface area contributed by atoms with Crippen LogP contribution in [0.3, 0.4) is 0 Å². The standard InChI is InChI=1S/C14H23N3O3/c1-9-10(8-15)12(20-16-9)11-6-5-7-17(11)13(18)19-14(2,3)4/h11H,5-8,15H2,1-4H3. The maximum absolute atomic E-state index is 12.3. The summed E-state index contributed by atoms with van der Waals surface area (Å²) in [6.07, 6.45) is 1.46. The fourth-order valence-corrected chi connectivity index (χ4v) is 2.49. The van der Waals surface area contributed by atoms with Crippen LogP contribution in [0.5, 0.6) is 0 Å². The molecular weight excluding hydrogens is 258 g/mol. The summed E-state index contributed by atoms with van der Waals surface area (Å²) in [4.78, 5) is 14.0.